The van der Waals surface area contributed by atoms with Crippen LogP contribution in [0.25, 0.3) is 0 Å². The SMILES string of the molecule is COc1ccc(CSc2nnc(NC(=O)c3cccc(Br)c3)s2)cc1. The summed E-state index contributed by atoms with van der Waals surface area (Å²) in [5.74, 6) is 1.41. The number of methoxy groups -OCH3 is 1. The Morgan fingerprint density at radius 1 is 1.24 bits per heavy atom. The smallest absolute Gasteiger partial charge is 0.257 e. The van der Waals surface area contributed by atoms with E-state index in [1.807, 2.05) is 36.4 Å². The van der Waals surface area contributed by atoms with Crippen LogP contribution in [0.3, 0.4) is 0 Å². The molecule has 2 aromatic carbocycles. The summed E-state index contributed by atoms with van der Waals surface area (Å²) in [6.07, 6.45) is 0. The summed E-state index contributed by atoms with van der Waals surface area (Å²) in [5, 5.41) is 11.4. The molecule has 0 atom stereocenters. The molecule has 1 heterocycles. The molecule has 0 radical (unpaired) electrons. The van der Waals surface area contributed by atoms with Crippen molar-refractivity contribution in [2.75, 3.05) is 12.4 Å². The zero-order chi connectivity index (χ0) is 17.6. The number of anilines is 1. The zero-order valence-corrected chi connectivity index (χ0v) is 16.5. The highest BCUT2D eigenvalue weighted by molar-refractivity contribution is 9.10. The molecule has 1 amide bonds. The molecular weight excluding hydrogens is 422 g/mol. The molecule has 0 saturated carbocycles. The van der Waals surface area contributed by atoms with E-state index in [0.29, 0.717) is 10.7 Å². The largest absolute Gasteiger partial charge is 0.497 e. The Bertz CT molecular complexity index is 868. The van der Waals surface area contributed by atoms with Crippen LogP contribution in [0.5, 0.6) is 5.75 Å². The molecule has 1 N–H and O–H groups in total. The minimum atomic E-state index is -0.204. The summed E-state index contributed by atoms with van der Waals surface area (Å²) >= 11 is 6.29. The predicted octanol–water partition coefficient (Wildman–Crippen LogP) is 4.85. The molecule has 3 rings (SSSR count). The maximum absolute atomic E-state index is 12.2. The fraction of sp³-hybridized carbons (Fsp3) is 0.118. The quantitative estimate of drug-likeness (QED) is 0.442. The van der Waals surface area contributed by atoms with Crippen molar-refractivity contribution in [1.29, 1.82) is 0 Å². The molecule has 8 heteroatoms. The standard InChI is InChI=1S/C17H14BrN3O2S2/c1-23-14-7-5-11(6-8-14)10-24-17-21-20-16(25-17)19-15(22)12-3-2-4-13(18)9-12/h2-9H,10H2,1H3,(H,19,20,22). The number of hydrogen-bond acceptors (Lipinski definition) is 6. The van der Waals surface area contributed by atoms with Crippen LogP contribution < -0.4 is 10.1 Å². The maximum atomic E-state index is 12.2. The number of aromatic nitrogens is 2. The molecule has 0 unspecified atom stereocenters. The lowest BCUT2D eigenvalue weighted by Gasteiger charge is -2.02. The Kier molecular flexibility index (Phi) is 6.06. The Morgan fingerprint density at radius 2 is 2.04 bits per heavy atom. The van der Waals surface area contributed by atoms with Crippen molar-refractivity contribution in [3.05, 3.63) is 64.1 Å². The first-order chi connectivity index (χ1) is 12.1. The van der Waals surface area contributed by atoms with Crippen LogP contribution in [0.1, 0.15) is 15.9 Å². The highest BCUT2D eigenvalue weighted by Crippen LogP contribution is 2.29. The van der Waals surface area contributed by atoms with Gasteiger partial charge in [0.2, 0.25) is 5.13 Å². The second-order valence-corrected chi connectivity index (χ2v) is 8.09. The van der Waals surface area contributed by atoms with Crippen LogP contribution in [0.2, 0.25) is 0 Å². The van der Waals surface area contributed by atoms with Gasteiger partial charge in [-0.2, -0.15) is 0 Å². The lowest BCUT2D eigenvalue weighted by atomic mass is 10.2. The average Bonchev–Trinajstić information content (AvgIpc) is 3.08. The Labute approximate surface area is 162 Å². The second kappa shape index (κ2) is 8.46. The summed E-state index contributed by atoms with van der Waals surface area (Å²) in [6, 6.07) is 15.1. The van der Waals surface area contributed by atoms with Crippen molar-refractivity contribution in [3.8, 4) is 5.75 Å². The molecule has 1 aromatic heterocycles. The van der Waals surface area contributed by atoms with Gasteiger partial charge in [-0.3, -0.25) is 10.1 Å². The number of carbonyl (C=O) groups is 1. The van der Waals surface area contributed by atoms with Crippen molar-refractivity contribution in [1.82, 2.24) is 10.2 Å². The number of ether oxygens (including phenoxy) is 1. The fourth-order valence-corrected chi connectivity index (χ4v) is 4.09. The molecule has 0 saturated heterocycles. The molecule has 0 fully saturated rings. The number of benzene rings is 2. The zero-order valence-electron chi connectivity index (χ0n) is 13.2. The van der Waals surface area contributed by atoms with E-state index in [-0.39, 0.29) is 5.91 Å². The topological polar surface area (TPSA) is 64.1 Å². The number of halogens is 1. The second-order valence-electron chi connectivity index (χ2n) is 4.97. The van der Waals surface area contributed by atoms with E-state index in [0.717, 1.165) is 20.3 Å². The van der Waals surface area contributed by atoms with Crippen LogP contribution in [-0.4, -0.2) is 23.2 Å². The average molecular weight is 436 g/mol. The van der Waals surface area contributed by atoms with E-state index in [9.17, 15) is 4.79 Å². The van der Waals surface area contributed by atoms with Crippen molar-refractivity contribution in [3.63, 3.8) is 0 Å². The first-order valence-corrected chi connectivity index (χ1v) is 9.90. The number of carbonyl (C=O) groups excluding carboxylic acids is 1. The van der Waals surface area contributed by atoms with Gasteiger partial charge in [-0.1, -0.05) is 57.2 Å². The molecule has 25 heavy (non-hydrogen) atoms. The Balaban J connectivity index is 1.57. The molecule has 0 aliphatic carbocycles. The first-order valence-electron chi connectivity index (χ1n) is 7.30. The summed E-state index contributed by atoms with van der Waals surface area (Å²) in [6.45, 7) is 0. The minimum absolute atomic E-state index is 0.204. The van der Waals surface area contributed by atoms with Crippen molar-refractivity contribution < 1.29 is 9.53 Å². The van der Waals surface area contributed by atoms with E-state index in [1.54, 1.807) is 31.0 Å². The van der Waals surface area contributed by atoms with Gasteiger partial charge in [0.05, 0.1) is 7.11 Å². The summed E-state index contributed by atoms with van der Waals surface area (Å²) in [7, 11) is 1.65. The summed E-state index contributed by atoms with van der Waals surface area (Å²) < 4.78 is 6.81. The van der Waals surface area contributed by atoms with Crippen molar-refractivity contribution >= 4 is 50.1 Å². The molecule has 0 bridgehead atoms. The van der Waals surface area contributed by atoms with E-state index in [4.69, 9.17) is 4.74 Å². The third-order valence-corrected chi connectivity index (χ3v) is 5.77. The van der Waals surface area contributed by atoms with E-state index < -0.39 is 0 Å². The highest BCUT2D eigenvalue weighted by atomic mass is 79.9. The van der Waals surface area contributed by atoms with Crippen LogP contribution in [-0.2, 0) is 5.75 Å². The van der Waals surface area contributed by atoms with Crippen molar-refractivity contribution in [2.24, 2.45) is 0 Å². The predicted molar refractivity (Wildman–Crippen MR) is 105 cm³/mol. The lowest BCUT2D eigenvalue weighted by Crippen LogP contribution is -2.11. The van der Waals surface area contributed by atoms with Gasteiger partial charge in [0.1, 0.15) is 5.75 Å². The highest BCUT2D eigenvalue weighted by Gasteiger charge is 2.11. The third-order valence-electron chi connectivity index (χ3n) is 3.24. The Morgan fingerprint density at radius 3 is 2.76 bits per heavy atom. The molecule has 0 aliphatic rings. The van der Waals surface area contributed by atoms with E-state index >= 15 is 0 Å². The number of amides is 1. The van der Waals surface area contributed by atoms with Gasteiger partial charge < -0.3 is 4.74 Å². The van der Waals surface area contributed by atoms with Crippen molar-refractivity contribution in [2.45, 2.75) is 10.1 Å². The fourth-order valence-electron chi connectivity index (χ4n) is 1.98. The first kappa shape index (κ1) is 17.9. The maximum Gasteiger partial charge on any atom is 0.257 e. The molecule has 128 valence electrons. The molecule has 0 spiro atoms. The number of nitrogens with zero attached hydrogens (tertiary/aromatic N) is 2. The monoisotopic (exact) mass is 435 g/mol. The Hall–Kier alpha value is -1.90. The molecule has 3 aromatic rings. The van der Waals surface area contributed by atoms with Gasteiger partial charge in [-0.05, 0) is 35.9 Å². The molecule has 0 aliphatic heterocycles. The summed E-state index contributed by atoms with van der Waals surface area (Å²) in [5.41, 5.74) is 1.73. The lowest BCUT2D eigenvalue weighted by molar-refractivity contribution is 0.102. The molecular formula is C17H14BrN3O2S2. The van der Waals surface area contributed by atoms with Gasteiger partial charge in [0.15, 0.2) is 4.34 Å². The van der Waals surface area contributed by atoms with Crippen LogP contribution in [0, 0.1) is 0 Å². The third kappa shape index (κ3) is 5.04. The van der Waals surface area contributed by atoms with Gasteiger partial charge in [-0.15, -0.1) is 10.2 Å². The van der Waals surface area contributed by atoms with Crippen LogP contribution in [0.15, 0.2) is 57.3 Å². The van der Waals surface area contributed by atoms with E-state index in [1.165, 1.54) is 16.9 Å². The normalized spacial score (nSPS) is 10.5. The number of nitrogens with one attached hydrogen (secondary N) is 1. The van der Waals surface area contributed by atoms with E-state index in [2.05, 4.69) is 31.4 Å². The number of thioether (sulfide) groups is 1. The number of hydrogen-bond donors (Lipinski definition) is 1. The molecule has 5 nitrogen and oxygen atoms in total. The minimum Gasteiger partial charge on any atom is -0.497 e. The number of rotatable bonds is 6. The van der Waals surface area contributed by atoms with Gasteiger partial charge in [0.25, 0.3) is 5.91 Å². The van der Waals surface area contributed by atoms with Gasteiger partial charge in [-0.25, -0.2) is 0 Å². The van der Waals surface area contributed by atoms with Gasteiger partial charge in [0, 0.05) is 15.8 Å². The van der Waals surface area contributed by atoms with Crippen LogP contribution >= 0.6 is 39.0 Å². The van der Waals surface area contributed by atoms with Gasteiger partial charge >= 0.3 is 0 Å². The summed E-state index contributed by atoms with van der Waals surface area (Å²) in [4.78, 5) is 12.2. The van der Waals surface area contributed by atoms with Crippen LogP contribution in [0.4, 0.5) is 5.13 Å².